The number of aromatic amines is 1. The molecule has 1 aliphatic carbocycles. The average molecular weight is 360 g/mol. The zero-order chi connectivity index (χ0) is 17.6. The highest BCUT2D eigenvalue weighted by Gasteiger charge is 2.21. The van der Waals surface area contributed by atoms with Crippen LogP contribution < -0.4 is 9.47 Å². The molecule has 0 spiro atoms. The maximum atomic E-state index is 5.62. The average Bonchev–Trinajstić information content (AvgIpc) is 3.01. The van der Waals surface area contributed by atoms with Crippen LogP contribution in [0, 0.1) is 4.77 Å². The molecule has 0 saturated heterocycles. The Balaban J connectivity index is 1.91. The van der Waals surface area contributed by atoms with Crippen LogP contribution in [0.2, 0.25) is 0 Å². The minimum Gasteiger partial charge on any atom is -0.492 e. The highest BCUT2D eigenvalue weighted by atomic mass is 32.1. The molecule has 0 aliphatic heterocycles. The summed E-state index contributed by atoms with van der Waals surface area (Å²) in [6.07, 6.45) is 7.79. The fraction of sp³-hybridized carbons (Fsp3) is 0.500. The lowest BCUT2D eigenvalue weighted by Gasteiger charge is -2.19. The zero-order valence-corrected chi connectivity index (χ0v) is 15.5. The summed E-state index contributed by atoms with van der Waals surface area (Å²) in [5, 5.41) is 11.9. The van der Waals surface area contributed by atoms with E-state index in [2.05, 4.69) is 15.3 Å². The second-order valence-electron chi connectivity index (χ2n) is 6.09. The quantitative estimate of drug-likeness (QED) is 0.617. The number of para-hydroxylation sites is 1. The van der Waals surface area contributed by atoms with Crippen molar-refractivity contribution < 1.29 is 9.47 Å². The topological polar surface area (TPSA) is 64.4 Å². The molecular weight excluding hydrogens is 336 g/mol. The van der Waals surface area contributed by atoms with E-state index in [4.69, 9.17) is 21.7 Å². The molecule has 0 amide bonds. The third-order valence-electron chi connectivity index (χ3n) is 4.47. The number of nitrogens with one attached hydrogen (secondary N) is 1. The Hall–Kier alpha value is -2.15. The minimum atomic E-state index is 0.413. The first kappa shape index (κ1) is 17.7. The molecule has 0 bridgehead atoms. The van der Waals surface area contributed by atoms with Gasteiger partial charge in [-0.25, -0.2) is 0 Å². The summed E-state index contributed by atoms with van der Waals surface area (Å²) in [5.41, 5.74) is 0.839. The third-order valence-corrected chi connectivity index (χ3v) is 4.74. The van der Waals surface area contributed by atoms with Crippen LogP contribution in [0.3, 0.4) is 0 Å². The Kier molecular flexibility index (Phi) is 5.86. The van der Waals surface area contributed by atoms with Crippen molar-refractivity contribution in [2.45, 2.75) is 44.9 Å². The lowest BCUT2D eigenvalue weighted by Crippen LogP contribution is -2.10. The summed E-state index contributed by atoms with van der Waals surface area (Å²) in [6.45, 7) is 2.52. The Labute approximate surface area is 152 Å². The first-order valence-corrected chi connectivity index (χ1v) is 9.17. The molecule has 134 valence electrons. The van der Waals surface area contributed by atoms with E-state index in [9.17, 15) is 0 Å². The molecular formula is C18H24N4O2S. The van der Waals surface area contributed by atoms with Crippen molar-refractivity contribution in [3.8, 4) is 11.5 Å². The van der Waals surface area contributed by atoms with E-state index in [0.29, 0.717) is 28.8 Å². The van der Waals surface area contributed by atoms with Gasteiger partial charge >= 0.3 is 0 Å². The number of ether oxygens (including phenoxy) is 2. The fourth-order valence-corrected chi connectivity index (χ4v) is 3.47. The molecule has 1 fully saturated rings. The van der Waals surface area contributed by atoms with Gasteiger partial charge in [0.05, 0.1) is 19.9 Å². The van der Waals surface area contributed by atoms with Crippen LogP contribution in [0.25, 0.3) is 0 Å². The minimum absolute atomic E-state index is 0.413. The van der Waals surface area contributed by atoms with Gasteiger partial charge in [0, 0.05) is 11.5 Å². The van der Waals surface area contributed by atoms with Crippen LogP contribution in [0.1, 0.15) is 56.3 Å². The number of hydrogen-bond acceptors (Lipinski definition) is 5. The van der Waals surface area contributed by atoms with E-state index >= 15 is 0 Å². The summed E-state index contributed by atoms with van der Waals surface area (Å²) in [7, 11) is 1.63. The Morgan fingerprint density at radius 2 is 2.16 bits per heavy atom. The van der Waals surface area contributed by atoms with Crippen LogP contribution in [-0.2, 0) is 0 Å². The fourth-order valence-electron chi connectivity index (χ4n) is 3.28. The van der Waals surface area contributed by atoms with E-state index < -0.39 is 0 Å². The number of H-pyrrole nitrogens is 1. The van der Waals surface area contributed by atoms with Gasteiger partial charge in [0.15, 0.2) is 17.3 Å². The first-order valence-electron chi connectivity index (χ1n) is 8.76. The molecule has 1 saturated carbocycles. The predicted octanol–water partition coefficient (Wildman–Crippen LogP) is 4.28. The van der Waals surface area contributed by atoms with Gasteiger partial charge in [-0.05, 0) is 44.1 Å². The van der Waals surface area contributed by atoms with Crippen LogP contribution >= 0.6 is 12.2 Å². The Bertz CT molecular complexity index is 791. The van der Waals surface area contributed by atoms with E-state index in [1.54, 1.807) is 18.0 Å². The number of nitrogens with zero attached hydrogens (tertiary/aromatic N) is 3. The SMILES string of the molecule is CCOc1cccc(/C=N\n2c(C3CCCCC3)n[nH]c2=S)c1OC. The molecule has 1 aromatic carbocycles. The van der Waals surface area contributed by atoms with Gasteiger partial charge in [-0.3, -0.25) is 5.10 Å². The van der Waals surface area contributed by atoms with Crippen molar-refractivity contribution in [3.05, 3.63) is 34.4 Å². The van der Waals surface area contributed by atoms with E-state index in [-0.39, 0.29) is 0 Å². The first-order chi connectivity index (χ1) is 12.2. The smallest absolute Gasteiger partial charge is 0.216 e. The van der Waals surface area contributed by atoms with Crippen molar-refractivity contribution in [1.29, 1.82) is 0 Å². The van der Waals surface area contributed by atoms with Crippen molar-refractivity contribution in [3.63, 3.8) is 0 Å². The van der Waals surface area contributed by atoms with Gasteiger partial charge in [-0.15, -0.1) is 0 Å². The zero-order valence-electron chi connectivity index (χ0n) is 14.7. The lowest BCUT2D eigenvalue weighted by atomic mass is 9.89. The number of hydrogen-bond donors (Lipinski definition) is 1. The molecule has 0 unspecified atom stereocenters. The molecule has 1 N–H and O–H groups in total. The molecule has 7 heteroatoms. The van der Waals surface area contributed by atoms with Gasteiger partial charge < -0.3 is 9.47 Å². The molecule has 0 radical (unpaired) electrons. The van der Waals surface area contributed by atoms with Crippen LogP contribution in [-0.4, -0.2) is 34.8 Å². The second-order valence-corrected chi connectivity index (χ2v) is 6.48. The van der Waals surface area contributed by atoms with Crippen LogP contribution in [0.15, 0.2) is 23.3 Å². The van der Waals surface area contributed by atoms with Crippen LogP contribution in [0.5, 0.6) is 11.5 Å². The second kappa shape index (κ2) is 8.29. The molecule has 1 aliphatic rings. The van der Waals surface area contributed by atoms with Gasteiger partial charge in [0.2, 0.25) is 4.77 Å². The number of methoxy groups -OCH3 is 1. The van der Waals surface area contributed by atoms with Gasteiger partial charge in [-0.2, -0.15) is 14.9 Å². The summed E-state index contributed by atoms with van der Waals surface area (Å²) >= 11 is 5.36. The highest BCUT2D eigenvalue weighted by Crippen LogP contribution is 2.32. The van der Waals surface area contributed by atoms with Crippen molar-refractivity contribution in [1.82, 2.24) is 14.9 Å². The molecule has 3 rings (SSSR count). The number of benzene rings is 1. The van der Waals surface area contributed by atoms with Crippen LogP contribution in [0.4, 0.5) is 0 Å². The van der Waals surface area contributed by atoms with Gasteiger partial charge in [0.25, 0.3) is 0 Å². The maximum absolute atomic E-state index is 5.62. The molecule has 0 atom stereocenters. The summed E-state index contributed by atoms with van der Waals surface area (Å²) < 4.78 is 13.4. The monoisotopic (exact) mass is 360 g/mol. The molecule has 1 aromatic heterocycles. The largest absolute Gasteiger partial charge is 0.492 e. The summed E-state index contributed by atoms with van der Waals surface area (Å²) in [5.74, 6) is 2.70. The molecule has 1 heterocycles. The van der Waals surface area contributed by atoms with Crippen molar-refractivity contribution in [2.24, 2.45) is 5.10 Å². The predicted molar refractivity (Wildman–Crippen MR) is 100 cm³/mol. The maximum Gasteiger partial charge on any atom is 0.216 e. The lowest BCUT2D eigenvalue weighted by molar-refractivity contribution is 0.310. The van der Waals surface area contributed by atoms with Crippen molar-refractivity contribution in [2.75, 3.05) is 13.7 Å². The Morgan fingerprint density at radius 3 is 2.88 bits per heavy atom. The summed E-state index contributed by atoms with van der Waals surface area (Å²) in [6, 6.07) is 5.75. The van der Waals surface area contributed by atoms with Gasteiger partial charge in [-0.1, -0.05) is 25.3 Å². The highest BCUT2D eigenvalue weighted by molar-refractivity contribution is 7.71. The summed E-state index contributed by atoms with van der Waals surface area (Å²) in [4.78, 5) is 0. The van der Waals surface area contributed by atoms with E-state index in [0.717, 1.165) is 24.2 Å². The number of aromatic nitrogens is 3. The Morgan fingerprint density at radius 1 is 1.36 bits per heavy atom. The third kappa shape index (κ3) is 3.92. The number of rotatable bonds is 6. The normalized spacial score (nSPS) is 15.6. The van der Waals surface area contributed by atoms with E-state index in [1.165, 1.54) is 19.3 Å². The van der Waals surface area contributed by atoms with Gasteiger partial charge in [0.1, 0.15) is 0 Å². The molecule has 25 heavy (non-hydrogen) atoms. The van der Waals surface area contributed by atoms with Crippen molar-refractivity contribution >= 4 is 18.4 Å². The molecule has 2 aromatic rings. The molecule has 6 nitrogen and oxygen atoms in total. The standard InChI is InChI=1S/C18H24N4O2S/c1-3-24-15-11-7-10-14(16(15)23-2)12-19-22-17(20-21-18(22)25)13-8-5-4-6-9-13/h7,10-13H,3-6,8-9H2,1-2H3,(H,21,25)/b19-12-. The van der Waals surface area contributed by atoms with E-state index in [1.807, 2.05) is 25.1 Å².